The molecule has 180 valence electrons. The summed E-state index contributed by atoms with van der Waals surface area (Å²) in [7, 11) is 0. The third-order valence-electron chi connectivity index (χ3n) is 4.96. The zero-order valence-electron chi connectivity index (χ0n) is 19.9. The maximum Gasteiger partial charge on any atom is 0.408 e. The Labute approximate surface area is 194 Å². The van der Waals surface area contributed by atoms with Crippen LogP contribution in [0.25, 0.3) is 0 Å². The number of rotatable bonds is 12. The molecular formula is C23H34N6O4. The topological polar surface area (TPSA) is 128 Å². The Balaban J connectivity index is 2.03. The summed E-state index contributed by atoms with van der Waals surface area (Å²) >= 11 is 0. The van der Waals surface area contributed by atoms with Gasteiger partial charge in [-0.3, -0.25) is 9.59 Å². The molecule has 0 bridgehead atoms. The maximum atomic E-state index is 13.1. The summed E-state index contributed by atoms with van der Waals surface area (Å²) in [6.45, 7) is 9.61. The van der Waals surface area contributed by atoms with Crippen LogP contribution in [0.2, 0.25) is 0 Å². The number of hydrogen-bond acceptors (Lipinski definition) is 7. The number of hydrogen-bond donors (Lipinski definition) is 2. The average Bonchev–Trinajstić information content (AvgIpc) is 3.15. The number of ether oxygens (including phenoxy) is 1. The van der Waals surface area contributed by atoms with Crippen LogP contribution in [0.3, 0.4) is 0 Å². The first-order valence-corrected chi connectivity index (χ1v) is 11.2. The van der Waals surface area contributed by atoms with E-state index in [-0.39, 0.29) is 30.8 Å². The molecule has 0 radical (unpaired) electrons. The van der Waals surface area contributed by atoms with Crippen molar-refractivity contribution in [1.82, 2.24) is 30.8 Å². The number of alkyl carbamates (subject to hydrolysis) is 1. The van der Waals surface area contributed by atoms with Crippen molar-refractivity contribution in [3.8, 4) is 0 Å². The van der Waals surface area contributed by atoms with E-state index in [0.717, 1.165) is 5.56 Å². The predicted octanol–water partition coefficient (Wildman–Crippen LogP) is 2.42. The number of carbonyl (C=O) groups is 3. The minimum Gasteiger partial charge on any atom is -0.445 e. The molecule has 0 saturated heterocycles. The van der Waals surface area contributed by atoms with E-state index in [2.05, 4.69) is 26.2 Å². The van der Waals surface area contributed by atoms with Crippen LogP contribution in [-0.2, 0) is 27.5 Å². The summed E-state index contributed by atoms with van der Waals surface area (Å²) in [5.74, 6) is 0.188. The highest BCUT2D eigenvalue weighted by molar-refractivity contribution is 5.92. The molecule has 33 heavy (non-hydrogen) atoms. The minimum absolute atomic E-state index is 0.0438. The van der Waals surface area contributed by atoms with Crippen molar-refractivity contribution >= 4 is 17.8 Å². The van der Waals surface area contributed by atoms with E-state index >= 15 is 0 Å². The quantitative estimate of drug-likeness (QED) is 0.500. The highest BCUT2D eigenvalue weighted by atomic mass is 16.5. The van der Waals surface area contributed by atoms with Gasteiger partial charge in [0.2, 0.25) is 5.91 Å². The summed E-state index contributed by atoms with van der Waals surface area (Å²) < 4.78 is 6.66. The zero-order valence-corrected chi connectivity index (χ0v) is 19.9. The van der Waals surface area contributed by atoms with E-state index in [9.17, 15) is 14.4 Å². The molecule has 0 spiro atoms. The molecule has 2 N–H and O–H groups in total. The Morgan fingerprint density at radius 2 is 1.61 bits per heavy atom. The molecule has 1 heterocycles. The number of carbonyl (C=O) groups excluding carboxylic acids is 3. The van der Waals surface area contributed by atoms with E-state index in [1.807, 2.05) is 58.0 Å². The highest BCUT2D eigenvalue weighted by Gasteiger charge is 2.28. The average molecular weight is 459 g/mol. The molecule has 0 saturated carbocycles. The number of ketones is 1. The van der Waals surface area contributed by atoms with Crippen molar-refractivity contribution in [2.24, 2.45) is 11.8 Å². The second-order valence-electron chi connectivity index (χ2n) is 8.93. The van der Waals surface area contributed by atoms with Gasteiger partial charge in [-0.2, -0.15) is 0 Å². The van der Waals surface area contributed by atoms with Gasteiger partial charge in [0, 0.05) is 0 Å². The van der Waals surface area contributed by atoms with Gasteiger partial charge in [0.05, 0.1) is 6.04 Å². The van der Waals surface area contributed by atoms with Crippen molar-refractivity contribution in [2.75, 3.05) is 0 Å². The minimum atomic E-state index is -0.828. The SMILES string of the molecule is Cc1nnnn1CC(=O)C(CC(C)C)NC(=O)C(CC(C)C)NC(=O)OCc1ccccc1. The Kier molecular flexibility index (Phi) is 9.96. The van der Waals surface area contributed by atoms with Crippen molar-refractivity contribution in [3.63, 3.8) is 0 Å². The zero-order chi connectivity index (χ0) is 24.4. The van der Waals surface area contributed by atoms with Gasteiger partial charge in [0.25, 0.3) is 0 Å². The number of tetrazole rings is 1. The number of amides is 2. The van der Waals surface area contributed by atoms with Crippen LogP contribution in [0.1, 0.15) is 51.9 Å². The monoisotopic (exact) mass is 458 g/mol. The van der Waals surface area contributed by atoms with E-state index < -0.39 is 24.1 Å². The molecule has 0 aliphatic heterocycles. The second-order valence-corrected chi connectivity index (χ2v) is 8.93. The molecule has 10 nitrogen and oxygen atoms in total. The number of benzene rings is 1. The van der Waals surface area contributed by atoms with E-state index in [4.69, 9.17) is 4.74 Å². The van der Waals surface area contributed by atoms with Gasteiger partial charge in [-0.05, 0) is 47.6 Å². The van der Waals surface area contributed by atoms with Crippen LogP contribution in [0.4, 0.5) is 4.79 Å². The summed E-state index contributed by atoms with van der Waals surface area (Å²) in [6, 6.07) is 7.73. The Hall–Kier alpha value is -3.30. The molecule has 2 rings (SSSR count). The fraction of sp³-hybridized carbons (Fsp3) is 0.565. The van der Waals surface area contributed by atoms with Crippen molar-refractivity contribution in [1.29, 1.82) is 0 Å². The van der Waals surface area contributed by atoms with Gasteiger partial charge in [-0.25, -0.2) is 9.48 Å². The molecule has 0 fully saturated rings. The van der Waals surface area contributed by atoms with E-state index in [0.29, 0.717) is 18.7 Å². The number of aryl methyl sites for hydroxylation is 1. The van der Waals surface area contributed by atoms with E-state index in [1.165, 1.54) is 4.68 Å². The Morgan fingerprint density at radius 1 is 0.970 bits per heavy atom. The van der Waals surface area contributed by atoms with Gasteiger partial charge in [0.15, 0.2) is 5.78 Å². The second kappa shape index (κ2) is 12.7. The van der Waals surface area contributed by atoms with Gasteiger partial charge < -0.3 is 15.4 Å². The summed E-state index contributed by atoms with van der Waals surface area (Å²) in [4.78, 5) is 38.3. The molecule has 10 heteroatoms. The first-order chi connectivity index (χ1) is 15.7. The van der Waals surface area contributed by atoms with Gasteiger partial charge in [-0.1, -0.05) is 58.0 Å². The molecular weight excluding hydrogens is 424 g/mol. The Bertz CT molecular complexity index is 913. The fourth-order valence-electron chi connectivity index (χ4n) is 3.28. The summed E-state index contributed by atoms with van der Waals surface area (Å²) in [5, 5.41) is 16.6. The van der Waals surface area contributed by atoms with Gasteiger partial charge in [0.1, 0.15) is 25.0 Å². The molecule has 0 aliphatic rings. The van der Waals surface area contributed by atoms with Crippen LogP contribution in [0.5, 0.6) is 0 Å². The molecule has 0 aliphatic carbocycles. The lowest BCUT2D eigenvalue weighted by Crippen LogP contribution is -2.52. The van der Waals surface area contributed by atoms with Gasteiger partial charge in [-0.15, -0.1) is 5.10 Å². The lowest BCUT2D eigenvalue weighted by atomic mass is 9.98. The summed E-state index contributed by atoms with van der Waals surface area (Å²) in [6.07, 6.45) is 0.176. The molecule has 2 atom stereocenters. The molecule has 2 amide bonds. The predicted molar refractivity (Wildman–Crippen MR) is 122 cm³/mol. The molecule has 2 aromatic rings. The smallest absolute Gasteiger partial charge is 0.408 e. The Morgan fingerprint density at radius 3 is 2.18 bits per heavy atom. The third-order valence-corrected chi connectivity index (χ3v) is 4.96. The summed E-state index contributed by atoms with van der Waals surface area (Å²) in [5.41, 5.74) is 0.845. The normalized spacial score (nSPS) is 12.9. The number of nitrogens with one attached hydrogen (secondary N) is 2. The molecule has 1 aromatic carbocycles. The molecule has 2 unspecified atom stereocenters. The van der Waals surface area contributed by atoms with Crippen LogP contribution in [-0.4, -0.2) is 50.1 Å². The van der Waals surface area contributed by atoms with Crippen molar-refractivity contribution in [2.45, 2.75) is 72.7 Å². The third kappa shape index (κ3) is 8.99. The number of aromatic nitrogens is 4. The number of nitrogens with zero attached hydrogens (tertiary/aromatic N) is 4. The van der Waals surface area contributed by atoms with Crippen molar-refractivity contribution < 1.29 is 19.1 Å². The first kappa shape index (κ1) is 26.0. The van der Waals surface area contributed by atoms with Gasteiger partial charge >= 0.3 is 6.09 Å². The van der Waals surface area contributed by atoms with E-state index in [1.54, 1.807) is 6.92 Å². The molecule has 1 aromatic heterocycles. The highest BCUT2D eigenvalue weighted by Crippen LogP contribution is 2.11. The maximum absolute atomic E-state index is 13.1. The standard InChI is InChI=1S/C23H34N6O4/c1-15(2)11-19(21(30)13-29-17(5)26-27-28-29)24-22(31)20(12-16(3)4)25-23(32)33-14-18-9-7-6-8-10-18/h6-10,15-16,19-20H,11-14H2,1-5H3,(H,24,31)(H,25,32). The van der Waals surface area contributed by atoms with Crippen LogP contribution in [0.15, 0.2) is 30.3 Å². The lowest BCUT2D eigenvalue weighted by molar-refractivity contribution is -0.130. The van der Waals surface area contributed by atoms with Crippen molar-refractivity contribution in [3.05, 3.63) is 41.7 Å². The van der Waals surface area contributed by atoms with Crippen LogP contribution >= 0.6 is 0 Å². The lowest BCUT2D eigenvalue weighted by Gasteiger charge is -2.24. The largest absolute Gasteiger partial charge is 0.445 e. The first-order valence-electron chi connectivity index (χ1n) is 11.2. The van der Waals surface area contributed by atoms with Crippen LogP contribution in [0, 0.1) is 18.8 Å². The van der Waals surface area contributed by atoms with Crippen LogP contribution < -0.4 is 10.6 Å². The number of Topliss-reactive ketones (excluding diaryl/α,β-unsaturated/α-hetero) is 1. The fourth-order valence-corrected chi connectivity index (χ4v) is 3.28.